The molecule has 10 aromatic carbocycles. The molecule has 0 aliphatic carbocycles. The highest BCUT2D eigenvalue weighted by Gasteiger charge is 2.26. The van der Waals surface area contributed by atoms with E-state index >= 15 is 0 Å². The molecule has 10 rings (SSSR count). The van der Waals surface area contributed by atoms with Crippen molar-refractivity contribution >= 4 is 20.2 Å². The van der Waals surface area contributed by atoms with Crippen molar-refractivity contribution < 1.29 is 25.9 Å². The van der Waals surface area contributed by atoms with Crippen LogP contribution in [0.5, 0.6) is 0 Å². The first-order valence-electron chi connectivity index (χ1n) is 23.6. The third-order valence-corrected chi connectivity index (χ3v) is 15.1. The molecule has 0 atom stereocenters. The normalized spacial score (nSPS) is 11.7. The van der Waals surface area contributed by atoms with Gasteiger partial charge in [0, 0.05) is 0 Å². The second kappa shape index (κ2) is 19.3. The monoisotopic (exact) mass is 978 g/mol. The summed E-state index contributed by atoms with van der Waals surface area (Å²) in [6, 6.07) is 72.0. The van der Waals surface area contributed by atoms with Crippen LogP contribution in [0.3, 0.4) is 0 Å². The van der Waals surface area contributed by atoms with Crippen LogP contribution in [0.15, 0.2) is 228 Å². The van der Waals surface area contributed by atoms with Crippen LogP contribution in [0.25, 0.3) is 100 Å². The average molecular weight is 979 g/mol. The lowest BCUT2D eigenvalue weighted by atomic mass is 9.78. The van der Waals surface area contributed by atoms with Gasteiger partial charge in [-0.1, -0.05) is 205 Å². The van der Waals surface area contributed by atoms with Crippen molar-refractivity contribution in [3.8, 4) is 100 Å². The smallest absolute Gasteiger partial charge is 0.282 e. The van der Waals surface area contributed by atoms with Crippen LogP contribution in [0.2, 0.25) is 0 Å². The standard InChI is InChI=1S/C64H50O6S2/c1-41-15-21-45(22-16-41)56-39-44(4)59(50-31-35-54(36-32-50)71(65,66)67)63(49-13-9-6-10-14-49)61(56)51-27-29-53(30-28-51)64-60(48-11-7-5-8-12-48)57(46-23-17-42(2)18-24-46)40-58(47-25-19-43(3)20-26-47)62(64)52-33-37-55(38-34-52)72(68,69)70/h5-40H,1-4H3,(H,65,66,67)(H,68,69,70). The lowest BCUT2D eigenvalue weighted by molar-refractivity contribution is 0.481. The topological polar surface area (TPSA) is 109 Å². The van der Waals surface area contributed by atoms with Gasteiger partial charge in [-0.25, -0.2) is 0 Å². The van der Waals surface area contributed by atoms with E-state index in [1.165, 1.54) is 24.3 Å². The first kappa shape index (κ1) is 47.7. The third kappa shape index (κ3) is 9.49. The first-order chi connectivity index (χ1) is 34.6. The van der Waals surface area contributed by atoms with Crippen molar-refractivity contribution in [2.24, 2.45) is 0 Å². The Hall–Kier alpha value is -7.98. The van der Waals surface area contributed by atoms with Gasteiger partial charge in [-0.2, -0.15) is 16.8 Å². The third-order valence-electron chi connectivity index (χ3n) is 13.4. The molecule has 0 unspecified atom stereocenters. The number of hydrogen-bond acceptors (Lipinski definition) is 4. The van der Waals surface area contributed by atoms with Gasteiger partial charge in [-0.05, 0) is 164 Å². The van der Waals surface area contributed by atoms with E-state index in [2.05, 4.69) is 161 Å². The molecule has 354 valence electrons. The molecule has 0 aromatic heterocycles. The number of hydrogen-bond donors (Lipinski definition) is 2. The molecule has 0 aliphatic rings. The fourth-order valence-electron chi connectivity index (χ4n) is 9.83. The maximum Gasteiger partial charge on any atom is 0.294 e. The second-order valence-corrected chi connectivity index (χ2v) is 21.2. The minimum atomic E-state index is -4.48. The zero-order valence-electron chi connectivity index (χ0n) is 40.1. The van der Waals surface area contributed by atoms with Gasteiger partial charge in [0.15, 0.2) is 0 Å². The van der Waals surface area contributed by atoms with Crippen LogP contribution >= 0.6 is 0 Å². The minimum Gasteiger partial charge on any atom is -0.282 e. The predicted molar refractivity (Wildman–Crippen MR) is 294 cm³/mol. The lowest BCUT2D eigenvalue weighted by Crippen LogP contribution is -2.00. The first-order valence-corrected chi connectivity index (χ1v) is 26.5. The zero-order chi connectivity index (χ0) is 50.3. The summed E-state index contributed by atoms with van der Waals surface area (Å²) in [5.74, 6) is 0. The van der Waals surface area contributed by atoms with Gasteiger partial charge < -0.3 is 0 Å². The molecule has 10 aromatic rings. The largest absolute Gasteiger partial charge is 0.294 e. The molecule has 0 amide bonds. The molecular weight excluding hydrogens is 929 g/mol. The van der Waals surface area contributed by atoms with E-state index in [1.54, 1.807) is 24.3 Å². The Morgan fingerprint density at radius 2 is 0.514 bits per heavy atom. The minimum absolute atomic E-state index is 0.183. The molecule has 0 aliphatic heterocycles. The summed E-state index contributed by atoms with van der Waals surface area (Å²) in [5, 5.41) is 0. The molecule has 72 heavy (non-hydrogen) atoms. The highest BCUT2D eigenvalue weighted by atomic mass is 32.2. The average Bonchev–Trinajstić information content (AvgIpc) is 3.38. The SMILES string of the molecule is Cc1ccc(-c2cc(C)c(-c3ccc(S(=O)(=O)O)cc3)c(-c3ccccc3)c2-c2ccc(-c3c(-c4ccccc4)c(-c4ccc(C)cc4)cc(-c4ccc(C)cc4)c3-c3ccc(S(=O)(=O)O)cc3)cc2)cc1. The van der Waals surface area contributed by atoms with E-state index in [4.69, 9.17) is 0 Å². The van der Waals surface area contributed by atoms with Crippen LogP contribution in [0.4, 0.5) is 0 Å². The van der Waals surface area contributed by atoms with Crippen LogP contribution < -0.4 is 0 Å². The molecule has 0 saturated heterocycles. The summed E-state index contributed by atoms with van der Waals surface area (Å²) >= 11 is 0. The van der Waals surface area contributed by atoms with Gasteiger partial charge >= 0.3 is 0 Å². The lowest BCUT2D eigenvalue weighted by Gasteiger charge is -2.25. The van der Waals surface area contributed by atoms with E-state index in [9.17, 15) is 25.9 Å². The highest BCUT2D eigenvalue weighted by Crippen LogP contribution is 2.52. The number of benzene rings is 10. The maximum atomic E-state index is 12.4. The Labute approximate surface area is 422 Å². The van der Waals surface area contributed by atoms with Crippen LogP contribution in [0.1, 0.15) is 22.3 Å². The van der Waals surface area contributed by atoms with Crippen LogP contribution in [0, 0.1) is 27.7 Å². The summed E-state index contributed by atoms with van der Waals surface area (Å²) in [5.41, 5.74) is 21.5. The molecule has 0 radical (unpaired) electrons. The molecular formula is C64H50O6S2. The summed E-state index contributed by atoms with van der Waals surface area (Å²) in [6.07, 6.45) is 0. The van der Waals surface area contributed by atoms with Gasteiger partial charge in [0.25, 0.3) is 20.2 Å². The van der Waals surface area contributed by atoms with E-state index in [1.807, 2.05) is 36.4 Å². The molecule has 2 N–H and O–H groups in total. The van der Waals surface area contributed by atoms with Gasteiger partial charge in [-0.15, -0.1) is 0 Å². The predicted octanol–water partition coefficient (Wildman–Crippen LogP) is 16.4. The van der Waals surface area contributed by atoms with E-state index in [-0.39, 0.29) is 9.79 Å². The molecule has 6 nitrogen and oxygen atoms in total. The quantitative estimate of drug-likeness (QED) is 0.125. The van der Waals surface area contributed by atoms with Crippen LogP contribution in [-0.2, 0) is 20.2 Å². The number of aryl methyl sites for hydroxylation is 4. The fourth-order valence-corrected chi connectivity index (χ4v) is 10.8. The summed E-state index contributed by atoms with van der Waals surface area (Å²) in [6.45, 7) is 8.29. The molecule has 0 spiro atoms. The van der Waals surface area contributed by atoms with Gasteiger partial charge in [-0.3, -0.25) is 9.11 Å². The Bertz CT molecular complexity index is 3850. The van der Waals surface area contributed by atoms with Crippen molar-refractivity contribution in [1.82, 2.24) is 0 Å². The second-order valence-electron chi connectivity index (χ2n) is 18.4. The molecule has 8 heteroatoms. The van der Waals surface area contributed by atoms with E-state index in [0.717, 1.165) is 122 Å². The van der Waals surface area contributed by atoms with Gasteiger partial charge in [0.2, 0.25) is 0 Å². The van der Waals surface area contributed by atoms with Crippen molar-refractivity contribution in [1.29, 1.82) is 0 Å². The van der Waals surface area contributed by atoms with Crippen molar-refractivity contribution in [2.45, 2.75) is 37.5 Å². The van der Waals surface area contributed by atoms with E-state index < -0.39 is 20.2 Å². The molecule has 0 heterocycles. The highest BCUT2D eigenvalue weighted by molar-refractivity contribution is 7.86. The van der Waals surface area contributed by atoms with Crippen molar-refractivity contribution in [2.75, 3.05) is 0 Å². The Kier molecular flexibility index (Phi) is 12.8. The van der Waals surface area contributed by atoms with Crippen molar-refractivity contribution in [3.05, 3.63) is 241 Å². The maximum absolute atomic E-state index is 12.4. The Balaban J connectivity index is 1.31. The molecule has 0 bridgehead atoms. The van der Waals surface area contributed by atoms with E-state index in [0.29, 0.717) is 0 Å². The van der Waals surface area contributed by atoms with Crippen LogP contribution in [-0.4, -0.2) is 25.9 Å². The van der Waals surface area contributed by atoms with Gasteiger partial charge in [0.05, 0.1) is 9.79 Å². The van der Waals surface area contributed by atoms with Gasteiger partial charge in [0.1, 0.15) is 0 Å². The summed E-state index contributed by atoms with van der Waals surface area (Å²) < 4.78 is 69.3. The Morgan fingerprint density at radius 1 is 0.264 bits per heavy atom. The fraction of sp³-hybridized carbons (Fsp3) is 0.0625. The molecule has 0 fully saturated rings. The summed E-state index contributed by atoms with van der Waals surface area (Å²) in [4.78, 5) is -0.378. The zero-order valence-corrected chi connectivity index (χ0v) is 41.8. The number of rotatable bonds is 11. The Morgan fingerprint density at radius 3 is 0.861 bits per heavy atom. The summed E-state index contributed by atoms with van der Waals surface area (Å²) in [7, 11) is -8.90. The van der Waals surface area contributed by atoms with Crippen molar-refractivity contribution in [3.63, 3.8) is 0 Å². The molecule has 0 saturated carbocycles.